The lowest BCUT2D eigenvalue weighted by atomic mass is 10.0. The molecular weight excluding hydrogens is 432 g/mol. The lowest BCUT2D eigenvalue weighted by Crippen LogP contribution is -2.50. The second-order valence-electron chi connectivity index (χ2n) is 7.44. The maximum atomic E-state index is 13.3. The fraction of sp³-hybridized carbons (Fsp3) is 0.318. The fourth-order valence-electron chi connectivity index (χ4n) is 3.46. The third kappa shape index (κ3) is 4.94. The van der Waals surface area contributed by atoms with Gasteiger partial charge in [0.05, 0.1) is 4.90 Å². The van der Waals surface area contributed by atoms with E-state index in [0.717, 1.165) is 10.5 Å². The van der Waals surface area contributed by atoms with E-state index < -0.39 is 39.8 Å². The summed E-state index contributed by atoms with van der Waals surface area (Å²) in [5, 5.41) is 0. The predicted molar refractivity (Wildman–Crippen MR) is 116 cm³/mol. The minimum Gasteiger partial charge on any atom is -0.446 e. The molecule has 0 aliphatic carbocycles. The molecule has 9 nitrogen and oxygen atoms in total. The van der Waals surface area contributed by atoms with Crippen molar-refractivity contribution < 1.29 is 27.5 Å². The summed E-state index contributed by atoms with van der Waals surface area (Å²) in [6, 6.07) is 13.1. The van der Waals surface area contributed by atoms with Crippen LogP contribution >= 0.6 is 0 Å². The minimum atomic E-state index is -4.02. The number of nitrogens with one attached hydrogen (secondary N) is 1. The van der Waals surface area contributed by atoms with Crippen molar-refractivity contribution in [2.45, 2.75) is 43.7 Å². The molecule has 0 bridgehead atoms. The quantitative estimate of drug-likeness (QED) is 0.371. The molecule has 1 aliphatic rings. The van der Waals surface area contributed by atoms with E-state index in [-0.39, 0.29) is 17.9 Å². The van der Waals surface area contributed by atoms with E-state index in [1.165, 1.54) is 12.1 Å². The van der Waals surface area contributed by atoms with Gasteiger partial charge in [-0.2, -0.15) is 9.51 Å². The molecule has 2 amide bonds. The van der Waals surface area contributed by atoms with Crippen LogP contribution in [0, 0.1) is 6.92 Å². The Balaban J connectivity index is 1.91. The zero-order valence-electron chi connectivity index (χ0n) is 17.8. The number of nitrogens with zero attached hydrogens (tertiary/aromatic N) is 3. The number of carbonyl (C=O) groups excluding carboxylic acids is 2. The molecule has 1 fully saturated rings. The Kier molecular flexibility index (Phi) is 7.19. The molecule has 10 heteroatoms. The Hall–Kier alpha value is -3.33. The zero-order valence-corrected chi connectivity index (χ0v) is 18.6. The number of cyclic esters (lactones) is 1. The summed E-state index contributed by atoms with van der Waals surface area (Å²) in [7, 11) is -4.02. The topological polar surface area (TPSA) is 129 Å². The van der Waals surface area contributed by atoms with E-state index >= 15 is 0 Å². The third-order valence-corrected chi connectivity index (χ3v) is 6.63. The maximum Gasteiger partial charge on any atom is 0.417 e. The molecule has 3 rings (SSSR count). The lowest BCUT2D eigenvalue weighted by Gasteiger charge is -2.20. The summed E-state index contributed by atoms with van der Waals surface area (Å²) in [6.07, 6.45) is -0.226. The molecule has 1 heterocycles. The average molecular weight is 457 g/mol. The van der Waals surface area contributed by atoms with Gasteiger partial charge >= 0.3 is 17.7 Å². The van der Waals surface area contributed by atoms with Gasteiger partial charge in [0.2, 0.25) is 10.0 Å². The van der Waals surface area contributed by atoms with Gasteiger partial charge in [-0.1, -0.05) is 61.4 Å². The largest absolute Gasteiger partial charge is 0.446 e. The highest BCUT2D eigenvalue weighted by Crippen LogP contribution is 2.28. The second-order valence-corrected chi connectivity index (χ2v) is 9.15. The average Bonchev–Trinajstić information content (AvgIpc) is 3.16. The number of aryl methyl sites for hydroxylation is 1. The van der Waals surface area contributed by atoms with Crippen molar-refractivity contribution in [1.29, 1.82) is 0 Å². The standard InChI is InChI=1S/C22H24N4O5S/c1-3-7-18(25-32(29,30)17-12-10-15(2)11-13-17)20(24-23)21(27)26-19(14-31-22(26)28)16-8-5-4-6-9-16/h4-6,8-13,18-19,25H,3,7,14H2,1-2H3/t18-,19-/m1/s1. The van der Waals surface area contributed by atoms with E-state index in [2.05, 4.69) is 9.51 Å². The molecule has 168 valence electrons. The van der Waals surface area contributed by atoms with E-state index in [0.29, 0.717) is 12.0 Å². The first kappa shape index (κ1) is 23.3. The van der Waals surface area contributed by atoms with E-state index in [1.54, 1.807) is 49.4 Å². The Morgan fingerprint density at radius 1 is 1.22 bits per heavy atom. The van der Waals surface area contributed by atoms with Gasteiger partial charge in [0.15, 0.2) is 0 Å². The molecule has 1 aliphatic heterocycles. The number of imide groups is 1. The number of benzene rings is 2. The summed E-state index contributed by atoms with van der Waals surface area (Å²) in [5.74, 6) is -0.922. The van der Waals surface area contributed by atoms with Crippen molar-refractivity contribution in [3.63, 3.8) is 0 Å². The lowest BCUT2D eigenvalue weighted by molar-refractivity contribution is -0.127. The number of hydrogen-bond acceptors (Lipinski definition) is 5. The van der Waals surface area contributed by atoms with Gasteiger partial charge in [0.25, 0.3) is 0 Å². The highest BCUT2D eigenvalue weighted by atomic mass is 32.2. The van der Waals surface area contributed by atoms with Crippen LogP contribution in [0.4, 0.5) is 4.79 Å². The summed E-state index contributed by atoms with van der Waals surface area (Å²) >= 11 is 0. The molecule has 0 aromatic heterocycles. The SMILES string of the molecule is CCC[C@@H](NS(=O)(=O)c1ccc(C)cc1)C(=[N+]=[N-])C(=O)N1C(=O)OC[C@@H]1c1ccccc1. The molecule has 0 unspecified atom stereocenters. The van der Waals surface area contributed by atoms with Crippen molar-refractivity contribution in [1.82, 2.24) is 9.62 Å². The first-order valence-corrected chi connectivity index (χ1v) is 11.6. The first-order chi connectivity index (χ1) is 15.3. The highest BCUT2D eigenvalue weighted by Gasteiger charge is 2.46. The number of amides is 2. The van der Waals surface area contributed by atoms with Gasteiger partial charge in [0, 0.05) is 0 Å². The fourth-order valence-corrected chi connectivity index (χ4v) is 4.70. The molecule has 0 radical (unpaired) electrons. The Morgan fingerprint density at radius 2 is 1.88 bits per heavy atom. The van der Waals surface area contributed by atoms with Crippen LogP contribution in [0.15, 0.2) is 59.5 Å². The smallest absolute Gasteiger partial charge is 0.417 e. The van der Waals surface area contributed by atoms with Gasteiger partial charge in [0.1, 0.15) is 18.7 Å². The highest BCUT2D eigenvalue weighted by molar-refractivity contribution is 7.89. The number of rotatable bonds is 8. The number of ether oxygens (including phenoxy) is 1. The van der Waals surface area contributed by atoms with Crippen LogP contribution in [0.25, 0.3) is 5.53 Å². The van der Waals surface area contributed by atoms with Crippen molar-refractivity contribution in [3.8, 4) is 0 Å². The number of hydrogen-bond donors (Lipinski definition) is 1. The molecule has 2 aromatic rings. The van der Waals surface area contributed by atoms with Gasteiger partial charge < -0.3 is 10.3 Å². The molecule has 2 atom stereocenters. The van der Waals surface area contributed by atoms with E-state index in [1.807, 2.05) is 6.92 Å². The summed E-state index contributed by atoms with van der Waals surface area (Å²) in [5.41, 5.74) is 10.7. The Labute approximate surface area is 186 Å². The third-order valence-electron chi connectivity index (χ3n) is 5.14. The van der Waals surface area contributed by atoms with Crippen LogP contribution < -0.4 is 4.72 Å². The summed E-state index contributed by atoms with van der Waals surface area (Å²) in [6.45, 7) is 3.57. The predicted octanol–water partition coefficient (Wildman–Crippen LogP) is 2.83. The Bertz CT molecular complexity index is 1140. The molecule has 2 aromatic carbocycles. The van der Waals surface area contributed by atoms with Gasteiger partial charge in [-0.25, -0.2) is 18.1 Å². The van der Waals surface area contributed by atoms with Crippen LogP contribution in [0.5, 0.6) is 0 Å². The van der Waals surface area contributed by atoms with Crippen LogP contribution in [-0.4, -0.2) is 48.5 Å². The van der Waals surface area contributed by atoms with E-state index in [4.69, 9.17) is 4.74 Å². The monoisotopic (exact) mass is 456 g/mol. The molecule has 0 saturated carbocycles. The zero-order chi connectivity index (χ0) is 23.3. The molecule has 32 heavy (non-hydrogen) atoms. The molecule has 0 spiro atoms. The van der Waals surface area contributed by atoms with Crippen molar-refractivity contribution in [2.24, 2.45) is 0 Å². The Morgan fingerprint density at radius 3 is 2.47 bits per heavy atom. The van der Waals surface area contributed by atoms with Crippen LogP contribution in [0.2, 0.25) is 0 Å². The van der Waals surface area contributed by atoms with Crippen molar-refractivity contribution >= 4 is 27.7 Å². The minimum absolute atomic E-state index is 0.0108. The van der Waals surface area contributed by atoms with Gasteiger partial charge in [-0.3, -0.25) is 4.79 Å². The van der Waals surface area contributed by atoms with Gasteiger partial charge in [-0.05, 0) is 31.0 Å². The molecular formula is C22H24N4O5S. The van der Waals surface area contributed by atoms with Crippen LogP contribution in [-0.2, 0) is 19.6 Å². The van der Waals surface area contributed by atoms with Gasteiger partial charge in [-0.15, -0.1) is 0 Å². The van der Waals surface area contributed by atoms with Crippen molar-refractivity contribution in [2.75, 3.05) is 6.61 Å². The second kappa shape index (κ2) is 9.86. The van der Waals surface area contributed by atoms with E-state index in [9.17, 15) is 23.5 Å². The first-order valence-electron chi connectivity index (χ1n) is 10.1. The summed E-state index contributed by atoms with van der Waals surface area (Å²) < 4.78 is 33.3. The maximum absolute atomic E-state index is 13.3. The van der Waals surface area contributed by atoms with Crippen molar-refractivity contribution in [3.05, 3.63) is 71.3 Å². The van der Waals surface area contributed by atoms with Crippen LogP contribution in [0.3, 0.4) is 0 Å². The number of sulfonamides is 1. The number of carbonyl (C=O) groups is 2. The molecule has 1 N–H and O–H groups in total. The normalized spacial score (nSPS) is 16.9. The summed E-state index contributed by atoms with van der Waals surface area (Å²) in [4.78, 5) is 29.6. The molecule has 1 saturated heterocycles. The van der Waals surface area contributed by atoms with Crippen LogP contribution in [0.1, 0.15) is 36.9 Å².